The summed E-state index contributed by atoms with van der Waals surface area (Å²) in [5.74, 6) is 0.0301. The van der Waals surface area contributed by atoms with Gasteiger partial charge in [0.15, 0.2) is 0 Å². The zero-order valence-electron chi connectivity index (χ0n) is 10.6. The fraction of sp³-hybridized carbons (Fsp3) is 0.500. The second kappa shape index (κ2) is 5.40. The lowest BCUT2D eigenvalue weighted by Gasteiger charge is -2.37. The Morgan fingerprint density at radius 3 is 2.67 bits per heavy atom. The molecule has 0 saturated heterocycles. The van der Waals surface area contributed by atoms with E-state index in [1.54, 1.807) is 24.0 Å². The van der Waals surface area contributed by atoms with E-state index in [9.17, 15) is 9.90 Å². The molecule has 4 nitrogen and oxygen atoms in total. The number of amides is 1. The van der Waals surface area contributed by atoms with E-state index in [1.807, 2.05) is 0 Å². The Labute approximate surface area is 107 Å². The highest BCUT2D eigenvalue weighted by atomic mass is 16.3. The van der Waals surface area contributed by atoms with Crippen LogP contribution in [0.3, 0.4) is 0 Å². The number of nitrogens with zero attached hydrogens (tertiary/aromatic N) is 1. The number of aliphatic hydroxyl groups is 1. The molecular formula is C14H19NO3. The van der Waals surface area contributed by atoms with Gasteiger partial charge in [-0.3, -0.25) is 4.79 Å². The Hall–Kier alpha value is -1.55. The zero-order valence-corrected chi connectivity index (χ0v) is 10.6. The van der Waals surface area contributed by atoms with Crippen LogP contribution < -0.4 is 0 Å². The number of aryl methyl sites for hydroxylation is 1. The van der Waals surface area contributed by atoms with E-state index < -0.39 is 0 Å². The van der Waals surface area contributed by atoms with Gasteiger partial charge in [-0.1, -0.05) is 6.07 Å². The number of hydrogen-bond acceptors (Lipinski definition) is 3. The van der Waals surface area contributed by atoms with Crippen molar-refractivity contribution in [1.82, 2.24) is 4.90 Å². The van der Waals surface area contributed by atoms with E-state index in [4.69, 9.17) is 5.11 Å². The third kappa shape index (κ3) is 2.48. The Balaban J connectivity index is 2.18. The highest BCUT2D eigenvalue weighted by Gasteiger charge is 2.29. The van der Waals surface area contributed by atoms with Crippen LogP contribution in [0.25, 0.3) is 0 Å². The summed E-state index contributed by atoms with van der Waals surface area (Å²) in [6, 6.07) is 5.20. The molecule has 2 N–H and O–H groups in total. The number of phenols is 1. The van der Waals surface area contributed by atoms with Crippen molar-refractivity contribution in [3.63, 3.8) is 0 Å². The van der Waals surface area contributed by atoms with Crippen molar-refractivity contribution in [3.8, 4) is 5.75 Å². The molecule has 0 aromatic heterocycles. The first kappa shape index (κ1) is 12.9. The quantitative estimate of drug-likeness (QED) is 0.853. The van der Waals surface area contributed by atoms with Gasteiger partial charge in [0.05, 0.1) is 6.61 Å². The number of rotatable bonds is 4. The molecule has 1 saturated carbocycles. The number of aliphatic hydroxyl groups excluding tert-OH is 1. The monoisotopic (exact) mass is 249 g/mol. The summed E-state index contributed by atoms with van der Waals surface area (Å²) in [7, 11) is 0. The molecule has 0 aliphatic heterocycles. The van der Waals surface area contributed by atoms with Crippen molar-refractivity contribution in [2.24, 2.45) is 0 Å². The van der Waals surface area contributed by atoms with Gasteiger partial charge < -0.3 is 15.1 Å². The second-order valence-electron chi connectivity index (χ2n) is 4.81. The first-order valence-corrected chi connectivity index (χ1v) is 6.35. The lowest BCUT2D eigenvalue weighted by molar-refractivity contribution is 0.0525. The van der Waals surface area contributed by atoms with Crippen LogP contribution in [-0.4, -0.2) is 40.2 Å². The highest BCUT2D eigenvalue weighted by Crippen LogP contribution is 2.27. The molecule has 18 heavy (non-hydrogen) atoms. The zero-order chi connectivity index (χ0) is 13.1. The first-order chi connectivity index (χ1) is 8.63. The molecule has 98 valence electrons. The third-order valence-corrected chi connectivity index (χ3v) is 3.57. The van der Waals surface area contributed by atoms with E-state index >= 15 is 0 Å². The topological polar surface area (TPSA) is 60.8 Å². The molecule has 0 spiro atoms. The average Bonchev–Trinajstić information content (AvgIpc) is 2.29. The molecule has 1 aromatic carbocycles. The van der Waals surface area contributed by atoms with Crippen LogP contribution in [0.5, 0.6) is 5.75 Å². The van der Waals surface area contributed by atoms with Crippen LogP contribution in [0.15, 0.2) is 18.2 Å². The summed E-state index contributed by atoms with van der Waals surface area (Å²) in [5.41, 5.74) is 1.24. The molecule has 0 heterocycles. The maximum atomic E-state index is 12.3. The molecular weight excluding hydrogens is 230 g/mol. The highest BCUT2D eigenvalue weighted by molar-refractivity contribution is 5.95. The van der Waals surface area contributed by atoms with Crippen molar-refractivity contribution in [3.05, 3.63) is 29.3 Å². The minimum absolute atomic E-state index is 0.0277. The largest absolute Gasteiger partial charge is 0.508 e. The van der Waals surface area contributed by atoms with Crippen molar-refractivity contribution in [2.45, 2.75) is 32.2 Å². The maximum Gasteiger partial charge on any atom is 0.254 e. The van der Waals surface area contributed by atoms with E-state index in [-0.39, 0.29) is 24.3 Å². The molecule has 1 aromatic rings. The van der Waals surface area contributed by atoms with Crippen LogP contribution >= 0.6 is 0 Å². The molecule has 4 heteroatoms. The van der Waals surface area contributed by atoms with Gasteiger partial charge in [-0.15, -0.1) is 0 Å². The van der Waals surface area contributed by atoms with Crippen molar-refractivity contribution in [2.75, 3.05) is 13.2 Å². The van der Waals surface area contributed by atoms with Crippen molar-refractivity contribution >= 4 is 5.91 Å². The molecule has 0 bridgehead atoms. The molecule has 0 radical (unpaired) electrons. The summed E-state index contributed by atoms with van der Waals surface area (Å²) >= 11 is 0. The number of hydrogen-bond donors (Lipinski definition) is 2. The summed E-state index contributed by atoms with van der Waals surface area (Å²) in [4.78, 5) is 14.1. The van der Waals surface area contributed by atoms with Gasteiger partial charge in [0, 0.05) is 18.2 Å². The van der Waals surface area contributed by atoms with Gasteiger partial charge in [0.1, 0.15) is 5.75 Å². The van der Waals surface area contributed by atoms with Gasteiger partial charge in [-0.25, -0.2) is 0 Å². The van der Waals surface area contributed by atoms with Gasteiger partial charge in [-0.05, 0) is 43.9 Å². The number of carbonyl (C=O) groups is 1. The standard InChI is InChI=1S/C14H19NO3/c1-10-5-6-11(9-13(10)17)14(18)15(7-8-16)12-3-2-4-12/h5-6,9,12,16-17H,2-4,7-8H2,1H3. The van der Waals surface area contributed by atoms with E-state index in [0.29, 0.717) is 12.1 Å². The summed E-state index contributed by atoms with van der Waals surface area (Å²) in [6.45, 7) is 2.12. The number of carbonyl (C=O) groups excluding carboxylic acids is 1. The molecule has 1 fully saturated rings. The molecule has 1 aliphatic rings. The Bertz CT molecular complexity index is 441. The molecule has 0 atom stereocenters. The molecule has 1 amide bonds. The number of benzene rings is 1. The van der Waals surface area contributed by atoms with Crippen LogP contribution in [0.4, 0.5) is 0 Å². The van der Waals surface area contributed by atoms with E-state index in [2.05, 4.69) is 0 Å². The van der Waals surface area contributed by atoms with Gasteiger partial charge in [-0.2, -0.15) is 0 Å². The van der Waals surface area contributed by atoms with Crippen LogP contribution in [-0.2, 0) is 0 Å². The first-order valence-electron chi connectivity index (χ1n) is 6.35. The minimum Gasteiger partial charge on any atom is -0.508 e. The molecule has 1 aliphatic carbocycles. The number of aromatic hydroxyl groups is 1. The van der Waals surface area contributed by atoms with Crippen LogP contribution in [0, 0.1) is 6.92 Å². The predicted octanol–water partition coefficient (Wildman–Crippen LogP) is 1.69. The lowest BCUT2D eigenvalue weighted by Crippen LogP contribution is -2.45. The summed E-state index contributed by atoms with van der Waals surface area (Å²) in [6.07, 6.45) is 3.15. The van der Waals surface area contributed by atoms with E-state index in [0.717, 1.165) is 24.8 Å². The van der Waals surface area contributed by atoms with Gasteiger partial charge in [0.2, 0.25) is 0 Å². The fourth-order valence-electron chi connectivity index (χ4n) is 2.16. The van der Waals surface area contributed by atoms with E-state index in [1.165, 1.54) is 6.07 Å². The smallest absolute Gasteiger partial charge is 0.254 e. The van der Waals surface area contributed by atoms with Crippen molar-refractivity contribution < 1.29 is 15.0 Å². The molecule has 2 rings (SSSR count). The minimum atomic E-state index is -0.107. The fourth-order valence-corrected chi connectivity index (χ4v) is 2.16. The Morgan fingerprint density at radius 2 is 2.17 bits per heavy atom. The summed E-state index contributed by atoms with van der Waals surface area (Å²) < 4.78 is 0. The van der Waals surface area contributed by atoms with Gasteiger partial charge >= 0.3 is 0 Å². The predicted molar refractivity (Wildman–Crippen MR) is 68.6 cm³/mol. The second-order valence-corrected chi connectivity index (χ2v) is 4.81. The summed E-state index contributed by atoms with van der Waals surface area (Å²) in [5, 5.41) is 18.7. The van der Waals surface area contributed by atoms with Crippen molar-refractivity contribution in [1.29, 1.82) is 0 Å². The Kier molecular flexibility index (Phi) is 3.87. The lowest BCUT2D eigenvalue weighted by atomic mass is 9.91. The Morgan fingerprint density at radius 1 is 1.44 bits per heavy atom. The number of phenolic OH excluding ortho intramolecular Hbond substituents is 1. The average molecular weight is 249 g/mol. The van der Waals surface area contributed by atoms with Gasteiger partial charge in [0.25, 0.3) is 5.91 Å². The normalized spacial score (nSPS) is 15.2. The van der Waals surface area contributed by atoms with Crippen LogP contribution in [0.1, 0.15) is 35.2 Å². The maximum absolute atomic E-state index is 12.3. The SMILES string of the molecule is Cc1ccc(C(=O)N(CCO)C2CCC2)cc1O. The molecule has 0 unspecified atom stereocenters. The third-order valence-electron chi connectivity index (χ3n) is 3.57. The van der Waals surface area contributed by atoms with Crippen LogP contribution in [0.2, 0.25) is 0 Å².